The lowest BCUT2D eigenvalue weighted by atomic mass is 9.95. The average molecular weight is 409 g/mol. The molecule has 1 aliphatic rings. The number of aromatic nitrogens is 3. The number of nitrogens with zero attached hydrogens (tertiary/aromatic N) is 4. The quantitative estimate of drug-likeness (QED) is 0.672. The van der Waals surface area contributed by atoms with Crippen molar-refractivity contribution in [3.8, 4) is 0 Å². The van der Waals surface area contributed by atoms with Gasteiger partial charge in [-0.2, -0.15) is 0 Å². The molecule has 8 nitrogen and oxygen atoms in total. The number of amides is 1. The minimum Gasteiger partial charge on any atom is -0.469 e. The Hall–Kier alpha value is -3.16. The third kappa shape index (κ3) is 4.08. The molecule has 1 aliphatic heterocycles. The molecule has 1 amide bonds. The van der Waals surface area contributed by atoms with E-state index in [-0.39, 0.29) is 23.4 Å². The Bertz CT molecular complexity index is 1070. The zero-order valence-corrected chi connectivity index (χ0v) is 17.4. The molecule has 1 N–H and O–H groups in total. The number of anilines is 1. The molecule has 0 aliphatic carbocycles. The second-order valence-corrected chi connectivity index (χ2v) is 7.79. The lowest BCUT2D eigenvalue weighted by Gasteiger charge is -2.32. The molecule has 158 valence electrons. The van der Waals surface area contributed by atoms with E-state index in [0.29, 0.717) is 55.9 Å². The average Bonchev–Trinajstić information content (AvgIpc) is 3.26. The number of hydrogen-bond donors (Lipinski definition) is 1. The highest BCUT2D eigenvalue weighted by atomic mass is 16.3. The first-order valence-electron chi connectivity index (χ1n) is 10.5. The second-order valence-electron chi connectivity index (χ2n) is 7.79. The smallest absolute Gasteiger partial charge is 0.295 e. The largest absolute Gasteiger partial charge is 0.469 e. The van der Waals surface area contributed by atoms with Crippen molar-refractivity contribution < 1.29 is 9.21 Å². The van der Waals surface area contributed by atoms with Crippen LogP contribution in [0.15, 0.2) is 45.9 Å². The highest BCUT2D eigenvalue weighted by molar-refractivity contribution is 5.79. The molecule has 1 saturated heterocycles. The van der Waals surface area contributed by atoms with Crippen LogP contribution >= 0.6 is 0 Å². The number of carbonyl (C=O) groups is 1. The van der Waals surface area contributed by atoms with Crippen molar-refractivity contribution in [2.75, 3.05) is 18.0 Å². The maximum atomic E-state index is 13.0. The third-order valence-electron chi connectivity index (χ3n) is 5.64. The molecular formula is C22H27N5O3. The molecule has 1 unspecified atom stereocenters. The summed E-state index contributed by atoms with van der Waals surface area (Å²) in [7, 11) is 0. The van der Waals surface area contributed by atoms with E-state index >= 15 is 0 Å². The summed E-state index contributed by atoms with van der Waals surface area (Å²) in [5, 5.41) is 3.09. The summed E-state index contributed by atoms with van der Waals surface area (Å²) in [4.78, 5) is 36.5. The minimum atomic E-state index is -0.126. The van der Waals surface area contributed by atoms with E-state index in [1.807, 2.05) is 43.0 Å². The molecule has 30 heavy (non-hydrogen) atoms. The number of fused-ring (bicyclic) bond motifs is 1. The number of carbonyl (C=O) groups excluding carboxylic acids is 1. The van der Waals surface area contributed by atoms with Crippen LogP contribution in [-0.2, 0) is 17.8 Å². The van der Waals surface area contributed by atoms with Crippen LogP contribution in [0.2, 0.25) is 0 Å². The zero-order chi connectivity index (χ0) is 21.1. The van der Waals surface area contributed by atoms with Crippen molar-refractivity contribution in [3.05, 3.63) is 52.8 Å². The third-order valence-corrected chi connectivity index (χ3v) is 5.64. The van der Waals surface area contributed by atoms with Crippen molar-refractivity contribution in [1.29, 1.82) is 0 Å². The van der Waals surface area contributed by atoms with Gasteiger partial charge in [-0.15, -0.1) is 0 Å². The van der Waals surface area contributed by atoms with Crippen molar-refractivity contribution in [2.24, 2.45) is 5.92 Å². The summed E-state index contributed by atoms with van der Waals surface area (Å²) in [6, 6.07) is 7.47. The van der Waals surface area contributed by atoms with Gasteiger partial charge in [0.15, 0.2) is 11.5 Å². The first kappa shape index (κ1) is 20.1. The van der Waals surface area contributed by atoms with Gasteiger partial charge in [0.25, 0.3) is 5.56 Å². The predicted molar refractivity (Wildman–Crippen MR) is 114 cm³/mol. The predicted octanol–water partition coefficient (Wildman–Crippen LogP) is 2.37. The molecule has 0 bridgehead atoms. The van der Waals surface area contributed by atoms with Crippen LogP contribution in [0.1, 0.15) is 32.4 Å². The molecule has 0 spiro atoms. The fraction of sp³-hybridized carbons (Fsp3) is 0.455. The molecule has 3 aromatic rings. The first-order chi connectivity index (χ1) is 14.6. The van der Waals surface area contributed by atoms with Crippen LogP contribution < -0.4 is 15.8 Å². The number of hydrogen-bond acceptors (Lipinski definition) is 6. The van der Waals surface area contributed by atoms with Gasteiger partial charge >= 0.3 is 0 Å². The van der Waals surface area contributed by atoms with E-state index in [0.717, 1.165) is 5.76 Å². The standard InChI is InChI=1S/C22H27N5O3/c1-3-27-19-18(7-4-10-23-19)25-20(22(27)29)26-11-8-16(9-12-26)21(28)24-15(2)14-17-6-5-13-30-17/h4-7,10,13,15-16H,3,8-9,11-12,14H2,1-2H3,(H,24,28). The molecule has 1 atom stereocenters. The van der Waals surface area contributed by atoms with Gasteiger partial charge in [0.05, 0.1) is 6.26 Å². The Morgan fingerprint density at radius 3 is 2.80 bits per heavy atom. The van der Waals surface area contributed by atoms with Gasteiger partial charge in [-0.3, -0.25) is 14.2 Å². The first-order valence-corrected chi connectivity index (χ1v) is 10.5. The number of nitrogens with one attached hydrogen (secondary N) is 1. The molecule has 0 aromatic carbocycles. The van der Waals surface area contributed by atoms with E-state index in [1.165, 1.54) is 0 Å². The lowest BCUT2D eigenvalue weighted by molar-refractivity contribution is -0.126. The Labute approximate surface area is 174 Å². The normalized spacial score (nSPS) is 16.0. The zero-order valence-electron chi connectivity index (χ0n) is 17.4. The van der Waals surface area contributed by atoms with Gasteiger partial charge in [-0.25, -0.2) is 9.97 Å². The van der Waals surface area contributed by atoms with E-state index in [2.05, 4.69) is 15.3 Å². The second kappa shape index (κ2) is 8.69. The van der Waals surface area contributed by atoms with Gasteiger partial charge in [0, 0.05) is 44.2 Å². The van der Waals surface area contributed by atoms with Crippen LogP contribution in [0.5, 0.6) is 0 Å². The summed E-state index contributed by atoms with van der Waals surface area (Å²) < 4.78 is 7.01. The summed E-state index contributed by atoms with van der Waals surface area (Å²) in [6.45, 7) is 5.70. The Morgan fingerprint density at radius 2 is 2.10 bits per heavy atom. The number of furan rings is 1. The van der Waals surface area contributed by atoms with Gasteiger partial charge < -0.3 is 14.6 Å². The Morgan fingerprint density at radius 1 is 1.30 bits per heavy atom. The topological polar surface area (TPSA) is 93.3 Å². The summed E-state index contributed by atoms with van der Waals surface area (Å²) >= 11 is 0. The van der Waals surface area contributed by atoms with Gasteiger partial charge in [-0.1, -0.05) is 0 Å². The number of pyridine rings is 1. The molecule has 8 heteroatoms. The van der Waals surface area contributed by atoms with Crippen LogP contribution in [0, 0.1) is 5.92 Å². The summed E-state index contributed by atoms with van der Waals surface area (Å²) in [5.74, 6) is 1.32. The van der Waals surface area contributed by atoms with Crippen molar-refractivity contribution in [2.45, 2.75) is 45.7 Å². The van der Waals surface area contributed by atoms with E-state index < -0.39 is 0 Å². The molecule has 4 heterocycles. The van der Waals surface area contributed by atoms with Crippen LogP contribution in [-0.4, -0.2) is 39.6 Å². The number of aryl methyl sites for hydroxylation is 1. The minimum absolute atomic E-state index is 0.00749. The molecule has 0 saturated carbocycles. The summed E-state index contributed by atoms with van der Waals surface area (Å²) in [6.07, 6.45) is 5.37. The van der Waals surface area contributed by atoms with Gasteiger partial charge in [0.1, 0.15) is 11.3 Å². The molecule has 4 rings (SSSR count). The summed E-state index contributed by atoms with van der Waals surface area (Å²) in [5.41, 5.74) is 1.19. The van der Waals surface area contributed by atoms with Crippen LogP contribution in [0.25, 0.3) is 11.2 Å². The molecule has 3 aromatic heterocycles. The van der Waals surface area contributed by atoms with Crippen molar-refractivity contribution >= 4 is 22.9 Å². The van der Waals surface area contributed by atoms with Crippen molar-refractivity contribution in [1.82, 2.24) is 19.9 Å². The Balaban J connectivity index is 1.41. The number of rotatable bonds is 6. The highest BCUT2D eigenvalue weighted by Crippen LogP contribution is 2.22. The fourth-order valence-electron chi connectivity index (χ4n) is 4.06. The molecular weight excluding hydrogens is 382 g/mol. The van der Waals surface area contributed by atoms with E-state index in [4.69, 9.17) is 4.42 Å². The Kier molecular flexibility index (Phi) is 5.83. The number of piperidine rings is 1. The SMILES string of the molecule is CCn1c(=O)c(N2CCC(C(=O)NC(C)Cc3ccco3)CC2)nc2cccnc21. The van der Waals surface area contributed by atoms with Crippen LogP contribution in [0.4, 0.5) is 5.82 Å². The molecule has 0 radical (unpaired) electrons. The van der Waals surface area contributed by atoms with Crippen LogP contribution in [0.3, 0.4) is 0 Å². The monoisotopic (exact) mass is 409 g/mol. The van der Waals surface area contributed by atoms with E-state index in [9.17, 15) is 9.59 Å². The van der Waals surface area contributed by atoms with E-state index in [1.54, 1.807) is 17.0 Å². The van der Waals surface area contributed by atoms with Gasteiger partial charge in [0.2, 0.25) is 5.91 Å². The van der Waals surface area contributed by atoms with Gasteiger partial charge in [-0.05, 0) is 51.0 Å². The van der Waals surface area contributed by atoms with Crippen molar-refractivity contribution in [3.63, 3.8) is 0 Å². The lowest BCUT2D eigenvalue weighted by Crippen LogP contribution is -2.45. The molecule has 1 fully saturated rings. The highest BCUT2D eigenvalue weighted by Gasteiger charge is 2.28. The maximum Gasteiger partial charge on any atom is 0.295 e. The fourth-order valence-corrected chi connectivity index (χ4v) is 4.06. The maximum absolute atomic E-state index is 13.0.